The van der Waals surface area contributed by atoms with E-state index in [1.807, 2.05) is 0 Å². The molecule has 3 aromatic rings. The van der Waals surface area contributed by atoms with E-state index in [1.165, 1.54) is 41.3 Å². The quantitative estimate of drug-likeness (QED) is 0.527. The number of alkyl halides is 3. The van der Waals surface area contributed by atoms with Gasteiger partial charge in [0.1, 0.15) is 6.33 Å². The predicted molar refractivity (Wildman–Crippen MR) is 110 cm³/mol. The van der Waals surface area contributed by atoms with Crippen LogP contribution in [0, 0.1) is 0 Å². The number of rotatable bonds is 6. The van der Waals surface area contributed by atoms with Gasteiger partial charge in [-0.15, -0.1) is 0 Å². The Morgan fingerprint density at radius 3 is 2.48 bits per heavy atom. The zero-order valence-corrected chi connectivity index (χ0v) is 18.2. The molecule has 33 heavy (non-hydrogen) atoms. The predicted octanol–water partition coefficient (Wildman–Crippen LogP) is 2.15. The van der Waals surface area contributed by atoms with E-state index in [0.29, 0.717) is 0 Å². The van der Waals surface area contributed by atoms with Crippen LogP contribution in [0.1, 0.15) is 16.2 Å². The molecule has 0 saturated carbocycles. The summed E-state index contributed by atoms with van der Waals surface area (Å²) in [5, 5.41) is 8.23. The molecule has 0 radical (unpaired) electrons. The maximum atomic E-state index is 12.5. The van der Waals surface area contributed by atoms with Gasteiger partial charge in [0.15, 0.2) is 21.5 Å². The van der Waals surface area contributed by atoms with Gasteiger partial charge in [-0.1, -0.05) is 11.6 Å². The Morgan fingerprint density at radius 1 is 1.15 bits per heavy atom. The fourth-order valence-corrected chi connectivity index (χ4v) is 3.52. The lowest BCUT2D eigenvalue weighted by atomic mass is 10.2. The van der Waals surface area contributed by atoms with E-state index in [0.717, 1.165) is 12.5 Å². The molecule has 0 spiro atoms. The first-order valence-corrected chi connectivity index (χ1v) is 11.1. The molecule has 0 unspecified atom stereocenters. The Hall–Kier alpha value is -3.52. The molecule has 0 aliphatic rings. The van der Waals surface area contributed by atoms with Gasteiger partial charge in [0.2, 0.25) is 0 Å². The van der Waals surface area contributed by atoms with Crippen molar-refractivity contribution in [3.63, 3.8) is 0 Å². The van der Waals surface area contributed by atoms with Crippen molar-refractivity contribution in [3.05, 3.63) is 59.3 Å². The molecule has 1 aromatic carbocycles. The summed E-state index contributed by atoms with van der Waals surface area (Å²) in [6, 6.07) is 6.18. The molecule has 0 saturated heterocycles. The number of aromatic nitrogens is 4. The number of benzene rings is 1. The topological polar surface area (TPSA) is 136 Å². The van der Waals surface area contributed by atoms with Crippen LogP contribution in [0.4, 0.5) is 18.9 Å². The standard InChI is InChI=1S/C18H14ClF3N6O4S/c1-33(31,32)13-5-10(4-11(19)6-13)16(29)24-8-15-25-9-26-28(15)14-3-2-12(7-23-14)27-17(30)18(20,21)22/h2-7,9H,8H2,1H3,(H,24,29)(H,27,30). The molecule has 15 heteroatoms. The summed E-state index contributed by atoms with van der Waals surface area (Å²) in [4.78, 5) is 31.3. The second-order valence-corrected chi connectivity index (χ2v) is 9.03. The first kappa shape index (κ1) is 24.1. The number of pyridine rings is 1. The zero-order chi connectivity index (χ0) is 24.4. The summed E-state index contributed by atoms with van der Waals surface area (Å²) < 4.78 is 61.7. The molecule has 2 aromatic heterocycles. The number of sulfone groups is 1. The maximum Gasteiger partial charge on any atom is 0.471 e. The maximum absolute atomic E-state index is 12.5. The van der Waals surface area contributed by atoms with Crippen LogP contribution in [-0.2, 0) is 21.2 Å². The average molecular weight is 503 g/mol. The van der Waals surface area contributed by atoms with Gasteiger partial charge in [-0.3, -0.25) is 9.59 Å². The minimum atomic E-state index is -5.04. The highest BCUT2D eigenvalue weighted by molar-refractivity contribution is 7.90. The van der Waals surface area contributed by atoms with Crippen molar-refractivity contribution in [2.75, 3.05) is 11.6 Å². The third kappa shape index (κ3) is 6.04. The van der Waals surface area contributed by atoms with E-state index in [2.05, 4.69) is 20.4 Å². The molecule has 0 aliphatic heterocycles. The summed E-state index contributed by atoms with van der Waals surface area (Å²) >= 11 is 5.91. The summed E-state index contributed by atoms with van der Waals surface area (Å²) in [6.45, 7) is -0.145. The Labute approximate surface area is 189 Å². The zero-order valence-electron chi connectivity index (χ0n) is 16.6. The summed E-state index contributed by atoms with van der Waals surface area (Å²) in [5.74, 6) is -2.39. The van der Waals surface area contributed by atoms with Crippen LogP contribution in [0.2, 0.25) is 5.02 Å². The molecular weight excluding hydrogens is 489 g/mol. The van der Waals surface area contributed by atoms with Gasteiger partial charge in [-0.2, -0.15) is 23.0 Å². The number of amides is 2. The van der Waals surface area contributed by atoms with E-state index in [1.54, 1.807) is 5.32 Å². The van der Waals surface area contributed by atoms with Gasteiger partial charge in [0.25, 0.3) is 5.91 Å². The Balaban J connectivity index is 1.72. The summed E-state index contributed by atoms with van der Waals surface area (Å²) in [7, 11) is -3.59. The van der Waals surface area contributed by atoms with Gasteiger partial charge in [0.05, 0.1) is 23.3 Å². The van der Waals surface area contributed by atoms with E-state index in [4.69, 9.17) is 11.6 Å². The Bertz CT molecular complexity index is 1310. The van der Waals surface area contributed by atoms with Crippen LogP contribution in [0.15, 0.2) is 47.8 Å². The molecule has 2 heterocycles. The second-order valence-electron chi connectivity index (χ2n) is 6.58. The van der Waals surface area contributed by atoms with Crippen molar-refractivity contribution in [1.82, 2.24) is 25.1 Å². The van der Waals surface area contributed by atoms with E-state index in [9.17, 15) is 31.2 Å². The highest BCUT2D eigenvalue weighted by atomic mass is 35.5. The number of hydrogen-bond acceptors (Lipinski definition) is 7. The van der Waals surface area contributed by atoms with Crippen molar-refractivity contribution in [2.45, 2.75) is 17.6 Å². The average Bonchev–Trinajstić information content (AvgIpc) is 3.19. The fourth-order valence-electron chi connectivity index (χ4n) is 2.53. The Kier molecular flexibility index (Phi) is 6.69. The highest BCUT2D eigenvalue weighted by Crippen LogP contribution is 2.20. The van der Waals surface area contributed by atoms with Crippen LogP contribution < -0.4 is 10.6 Å². The minimum Gasteiger partial charge on any atom is -0.345 e. The van der Waals surface area contributed by atoms with Crippen molar-refractivity contribution in [2.24, 2.45) is 0 Å². The molecule has 174 valence electrons. The van der Waals surface area contributed by atoms with Gasteiger partial charge < -0.3 is 10.6 Å². The number of halogens is 4. The first-order valence-electron chi connectivity index (χ1n) is 8.87. The van der Waals surface area contributed by atoms with Crippen molar-refractivity contribution in [3.8, 4) is 5.82 Å². The molecular formula is C18H14ClF3N6O4S. The van der Waals surface area contributed by atoms with Crippen LogP contribution in [-0.4, -0.2) is 52.4 Å². The largest absolute Gasteiger partial charge is 0.471 e. The molecule has 0 aliphatic carbocycles. The lowest BCUT2D eigenvalue weighted by Gasteiger charge is -2.10. The SMILES string of the molecule is CS(=O)(=O)c1cc(Cl)cc(C(=O)NCc2ncnn2-c2ccc(NC(=O)C(F)(F)F)cn2)c1. The number of carbonyl (C=O) groups is 2. The molecule has 2 amide bonds. The van der Waals surface area contributed by atoms with Crippen molar-refractivity contribution >= 4 is 38.9 Å². The van der Waals surface area contributed by atoms with Crippen LogP contribution in [0.5, 0.6) is 0 Å². The number of hydrogen-bond donors (Lipinski definition) is 2. The van der Waals surface area contributed by atoms with Crippen molar-refractivity contribution < 1.29 is 31.2 Å². The lowest BCUT2D eigenvalue weighted by molar-refractivity contribution is -0.167. The van der Waals surface area contributed by atoms with Crippen LogP contribution >= 0.6 is 11.6 Å². The molecule has 0 atom stereocenters. The smallest absolute Gasteiger partial charge is 0.345 e. The van der Waals surface area contributed by atoms with Gasteiger partial charge >= 0.3 is 12.1 Å². The number of nitrogens with one attached hydrogen (secondary N) is 2. The number of carbonyl (C=O) groups excluding carboxylic acids is 2. The Morgan fingerprint density at radius 2 is 1.88 bits per heavy atom. The molecule has 10 nitrogen and oxygen atoms in total. The van der Waals surface area contributed by atoms with E-state index >= 15 is 0 Å². The molecule has 2 N–H and O–H groups in total. The number of nitrogens with zero attached hydrogens (tertiary/aromatic N) is 4. The lowest BCUT2D eigenvalue weighted by Crippen LogP contribution is -2.30. The molecule has 0 bridgehead atoms. The molecule has 3 rings (SSSR count). The van der Waals surface area contributed by atoms with Crippen LogP contribution in [0.3, 0.4) is 0 Å². The minimum absolute atomic E-state index is 0.0110. The third-order valence-electron chi connectivity index (χ3n) is 4.07. The van der Waals surface area contributed by atoms with Gasteiger partial charge in [0, 0.05) is 16.8 Å². The van der Waals surface area contributed by atoms with E-state index in [-0.39, 0.29) is 39.4 Å². The van der Waals surface area contributed by atoms with Crippen LogP contribution in [0.25, 0.3) is 5.82 Å². The molecule has 0 fully saturated rings. The van der Waals surface area contributed by atoms with Crippen molar-refractivity contribution in [1.29, 1.82) is 0 Å². The number of anilines is 1. The summed E-state index contributed by atoms with van der Waals surface area (Å²) in [5.41, 5.74) is -0.171. The monoisotopic (exact) mass is 502 g/mol. The normalized spacial score (nSPS) is 11.8. The van der Waals surface area contributed by atoms with E-state index < -0.39 is 27.8 Å². The first-order chi connectivity index (χ1) is 15.3. The van der Waals surface area contributed by atoms with Gasteiger partial charge in [-0.05, 0) is 30.3 Å². The second kappa shape index (κ2) is 9.15. The highest BCUT2D eigenvalue weighted by Gasteiger charge is 2.38. The fraction of sp³-hybridized carbons (Fsp3) is 0.167. The third-order valence-corrected chi connectivity index (χ3v) is 5.38. The van der Waals surface area contributed by atoms with Gasteiger partial charge in [-0.25, -0.2) is 18.4 Å². The summed E-state index contributed by atoms with van der Waals surface area (Å²) in [6.07, 6.45) is -1.89.